The average Bonchev–Trinajstić information content (AvgIpc) is 3.10. The molecule has 0 aliphatic carbocycles. The standard InChI is InChI=1S/C21H22O7/c1-5-12(2)20(23)27-15(21(3,4)24)11-26-19-17-14(8-9-25-17)10-13-6-7-16(22)28-18(13)19/h5-10,15,24H,11H2,1-4H3/t15-/m1/s1. The van der Waals surface area contributed by atoms with Crippen molar-refractivity contribution in [2.24, 2.45) is 0 Å². The summed E-state index contributed by atoms with van der Waals surface area (Å²) in [7, 11) is 0. The molecule has 0 unspecified atom stereocenters. The first-order valence-corrected chi connectivity index (χ1v) is 8.84. The lowest BCUT2D eigenvalue weighted by Gasteiger charge is -2.29. The second-order valence-corrected chi connectivity index (χ2v) is 7.05. The third-order valence-corrected chi connectivity index (χ3v) is 4.45. The van der Waals surface area contributed by atoms with Gasteiger partial charge in [-0.25, -0.2) is 9.59 Å². The van der Waals surface area contributed by atoms with Crippen molar-refractivity contribution in [1.29, 1.82) is 0 Å². The Morgan fingerprint density at radius 3 is 2.64 bits per heavy atom. The summed E-state index contributed by atoms with van der Waals surface area (Å²) in [5.41, 5.74) is -0.860. The zero-order valence-electron chi connectivity index (χ0n) is 16.1. The molecule has 1 atom stereocenters. The number of furan rings is 1. The van der Waals surface area contributed by atoms with Crippen molar-refractivity contribution in [2.75, 3.05) is 6.61 Å². The highest BCUT2D eigenvalue weighted by Crippen LogP contribution is 2.35. The highest BCUT2D eigenvalue weighted by atomic mass is 16.6. The molecule has 2 aromatic heterocycles. The summed E-state index contributed by atoms with van der Waals surface area (Å²) in [6, 6.07) is 6.52. The van der Waals surface area contributed by atoms with Gasteiger partial charge >= 0.3 is 11.6 Å². The van der Waals surface area contributed by atoms with Gasteiger partial charge in [0.05, 0.1) is 11.9 Å². The molecule has 0 fully saturated rings. The van der Waals surface area contributed by atoms with Crippen LogP contribution in [0.15, 0.2) is 55.8 Å². The van der Waals surface area contributed by atoms with E-state index in [0.29, 0.717) is 16.5 Å². The number of fused-ring (bicyclic) bond motifs is 2. The van der Waals surface area contributed by atoms with Gasteiger partial charge < -0.3 is 23.4 Å². The van der Waals surface area contributed by atoms with Crippen LogP contribution in [0.4, 0.5) is 0 Å². The molecule has 3 rings (SSSR count). The predicted octanol–water partition coefficient (Wildman–Crippen LogP) is 3.57. The second kappa shape index (κ2) is 7.52. The number of benzene rings is 1. The van der Waals surface area contributed by atoms with Crippen LogP contribution >= 0.6 is 0 Å². The van der Waals surface area contributed by atoms with E-state index in [4.69, 9.17) is 18.3 Å². The number of hydrogen-bond acceptors (Lipinski definition) is 7. The molecule has 1 aromatic carbocycles. The smallest absolute Gasteiger partial charge is 0.336 e. The molecule has 0 bridgehead atoms. The molecular weight excluding hydrogens is 364 g/mol. The molecule has 0 saturated carbocycles. The van der Waals surface area contributed by atoms with Crippen molar-refractivity contribution in [3.8, 4) is 5.75 Å². The summed E-state index contributed by atoms with van der Waals surface area (Å²) in [5.74, 6) is -0.339. The first-order chi connectivity index (χ1) is 13.2. The summed E-state index contributed by atoms with van der Waals surface area (Å²) in [4.78, 5) is 23.8. The highest BCUT2D eigenvalue weighted by molar-refractivity contribution is 5.99. The molecule has 3 aromatic rings. The zero-order chi connectivity index (χ0) is 20.5. The van der Waals surface area contributed by atoms with Crippen molar-refractivity contribution in [2.45, 2.75) is 39.4 Å². The first kappa shape index (κ1) is 19.7. The Kier molecular flexibility index (Phi) is 5.29. The molecule has 0 spiro atoms. The Balaban J connectivity index is 1.97. The maximum absolute atomic E-state index is 12.1. The van der Waals surface area contributed by atoms with Crippen LogP contribution in [-0.2, 0) is 9.53 Å². The normalized spacial score (nSPS) is 13.7. The maximum Gasteiger partial charge on any atom is 0.336 e. The topological polar surface area (TPSA) is 99.1 Å². The van der Waals surface area contributed by atoms with Crippen LogP contribution < -0.4 is 10.4 Å². The van der Waals surface area contributed by atoms with E-state index in [9.17, 15) is 14.7 Å². The second-order valence-electron chi connectivity index (χ2n) is 7.05. The monoisotopic (exact) mass is 386 g/mol. The fraction of sp³-hybridized carbons (Fsp3) is 0.333. The molecule has 0 amide bonds. The van der Waals surface area contributed by atoms with E-state index in [2.05, 4.69) is 0 Å². The molecule has 28 heavy (non-hydrogen) atoms. The maximum atomic E-state index is 12.1. The van der Waals surface area contributed by atoms with Gasteiger partial charge in [-0.2, -0.15) is 0 Å². The summed E-state index contributed by atoms with van der Waals surface area (Å²) in [6.45, 7) is 6.21. The Bertz CT molecular complexity index is 1100. The van der Waals surface area contributed by atoms with E-state index in [1.807, 2.05) is 6.07 Å². The number of esters is 1. The summed E-state index contributed by atoms with van der Waals surface area (Å²) >= 11 is 0. The van der Waals surface area contributed by atoms with Crippen molar-refractivity contribution >= 4 is 27.9 Å². The molecule has 7 nitrogen and oxygen atoms in total. The Morgan fingerprint density at radius 2 is 1.96 bits per heavy atom. The van der Waals surface area contributed by atoms with Crippen LogP contribution in [0.1, 0.15) is 27.7 Å². The number of carbonyl (C=O) groups is 1. The van der Waals surface area contributed by atoms with Crippen LogP contribution in [0, 0.1) is 0 Å². The summed E-state index contributed by atoms with van der Waals surface area (Å²) in [5, 5.41) is 11.8. The van der Waals surface area contributed by atoms with Gasteiger partial charge in [0.2, 0.25) is 5.75 Å². The minimum Gasteiger partial charge on any atom is -0.482 e. The van der Waals surface area contributed by atoms with Gasteiger partial charge in [-0.1, -0.05) is 6.08 Å². The lowest BCUT2D eigenvalue weighted by Crippen LogP contribution is -2.44. The fourth-order valence-electron chi connectivity index (χ4n) is 2.62. The van der Waals surface area contributed by atoms with Crippen LogP contribution in [0.25, 0.3) is 21.9 Å². The van der Waals surface area contributed by atoms with Gasteiger partial charge in [-0.05, 0) is 45.9 Å². The quantitative estimate of drug-likeness (QED) is 0.393. The molecule has 2 heterocycles. The molecule has 0 aliphatic rings. The number of hydrogen-bond donors (Lipinski definition) is 1. The molecule has 1 N–H and O–H groups in total. The van der Waals surface area contributed by atoms with Gasteiger partial charge in [-0.15, -0.1) is 0 Å². The first-order valence-electron chi connectivity index (χ1n) is 8.84. The van der Waals surface area contributed by atoms with E-state index in [1.54, 1.807) is 32.1 Å². The predicted molar refractivity (Wildman–Crippen MR) is 103 cm³/mol. The Morgan fingerprint density at radius 1 is 1.25 bits per heavy atom. The zero-order valence-corrected chi connectivity index (χ0v) is 16.1. The highest BCUT2D eigenvalue weighted by Gasteiger charge is 2.32. The third kappa shape index (κ3) is 3.94. The fourth-order valence-corrected chi connectivity index (χ4v) is 2.62. The van der Waals surface area contributed by atoms with E-state index < -0.39 is 23.3 Å². The molecule has 0 radical (unpaired) electrons. The van der Waals surface area contributed by atoms with Gasteiger partial charge in [0, 0.05) is 22.4 Å². The summed E-state index contributed by atoms with van der Waals surface area (Å²) in [6.07, 6.45) is 2.15. The van der Waals surface area contributed by atoms with Crippen LogP contribution in [0.5, 0.6) is 5.75 Å². The lowest BCUT2D eigenvalue weighted by atomic mass is 10.0. The third-order valence-electron chi connectivity index (χ3n) is 4.45. The number of carbonyl (C=O) groups excluding carboxylic acids is 1. The number of allylic oxidation sites excluding steroid dienone is 1. The minimum atomic E-state index is -1.36. The minimum absolute atomic E-state index is 0.167. The van der Waals surface area contributed by atoms with E-state index in [1.165, 1.54) is 26.2 Å². The lowest BCUT2D eigenvalue weighted by molar-refractivity contribution is -0.160. The van der Waals surface area contributed by atoms with Crippen molar-refractivity contribution in [1.82, 2.24) is 0 Å². The van der Waals surface area contributed by atoms with Crippen LogP contribution in [0.3, 0.4) is 0 Å². The van der Waals surface area contributed by atoms with Gasteiger partial charge in [0.15, 0.2) is 17.3 Å². The Labute approximate surface area is 161 Å². The molecule has 7 heteroatoms. The number of rotatable bonds is 6. The largest absolute Gasteiger partial charge is 0.482 e. The van der Waals surface area contributed by atoms with Gasteiger partial charge in [-0.3, -0.25) is 0 Å². The van der Waals surface area contributed by atoms with E-state index in [-0.39, 0.29) is 17.9 Å². The van der Waals surface area contributed by atoms with Crippen molar-refractivity contribution in [3.05, 3.63) is 52.6 Å². The SMILES string of the molecule is CC=C(C)C(=O)O[C@H](COc1c2occc2cc2ccc(=O)oc12)C(C)(C)O. The van der Waals surface area contributed by atoms with Crippen LogP contribution in [-0.4, -0.2) is 29.4 Å². The van der Waals surface area contributed by atoms with Crippen LogP contribution in [0.2, 0.25) is 0 Å². The Hall–Kier alpha value is -3.06. The average molecular weight is 386 g/mol. The van der Waals surface area contributed by atoms with Gasteiger partial charge in [0.25, 0.3) is 0 Å². The number of aliphatic hydroxyl groups is 1. The summed E-state index contributed by atoms with van der Waals surface area (Å²) < 4.78 is 22.1. The molecule has 148 valence electrons. The van der Waals surface area contributed by atoms with E-state index in [0.717, 1.165) is 5.39 Å². The van der Waals surface area contributed by atoms with E-state index >= 15 is 0 Å². The number of ether oxygens (including phenoxy) is 2. The molecule has 0 saturated heterocycles. The van der Waals surface area contributed by atoms with Gasteiger partial charge in [0.1, 0.15) is 6.61 Å². The molecular formula is C21H22O7. The van der Waals surface area contributed by atoms with Crippen molar-refractivity contribution < 1.29 is 28.2 Å². The molecule has 0 aliphatic heterocycles. The van der Waals surface area contributed by atoms with Crippen molar-refractivity contribution in [3.63, 3.8) is 0 Å².